The Kier molecular flexibility index (Phi) is 7.25. The Bertz CT molecular complexity index is 400. The smallest absolute Gasteiger partial charge is 0.0484 e. The third-order valence-corrected chi connectivity index (χ3v) is 4.43. The molecular weight excluding hydrogens is 258 g/mol. The molecule has 2 rings (SSSR count). The lowest BCUT2D eigenvalue weighted by Crippen LogP contribution is -2.24. The first kappa shape index (κ1) is 16.5. The Balaban J connectivity index is 1.96. The van der Waals surface area contributed by atoms with E-state index in [4.69, 9.17) is 4.74 Å². The van der Waals surface area contributed by atoms with Gasteiger partial charge < -0.3 is 10.1 Å². The molecule has 2 nitrogen and oxygen atoms in total. The SMILES string of the molecule is CCCNC(CCOCCC)c1cccc(C2CCC2)c1. The summed E-state index contributed by atoms with van der Waals surface area (Å²) in [5, 5.41) is 3.68. The molecule has 0 saturated heterocycles. The zero-order valence-corrected chi connectivity index (χ0v) is 13.7. The fourth-order valence-corrected chi connectivity index (χ4v) is 2.92. The maximum absolute atomic E-state index is 5.68. The molecule has 1 atom stereocenters. The molecule has 0 spiro atoms. The van der Waals surface area contributed by atoms with Gasteiger partial charge in [-0.2, -0.15) is 0 Å². The second-order valence-electron chi connectivity index (χ2n) is 6.21. The van der Waals surface area contributed by atoms with Crippen LogP contribution in [-0.4, -0.2) is 19.8 Å². The first-order chi connectivity index (χ1) is 10.3. The molecule has 0 bridgehead atoms. The van der Waals surface area contributed by atoms with Crippen LogP contribution in [0.25, 0.3) is 0 Å². The summed E-state index contributed by atoms with van der Waals surface area (Å²) in [6, 6.07) is 9.67. The highest BCUT2D eigenvalue weighted by molar-refractivity contribution is 5.29. The Labute approximate surface area is 130 Å². The predicted molar refractivity (Wildman–Crippen MR) is 89.8 cm³/mol. The van der Waals surface area contributed by atoms with Gasteiger partial charge in [0.2, 0.25) is 0 Å². The third kappa shape index (κ3) is 5.12. The fraction of sp³-hybridized carbons (Fsp3) is 0.684. The number of benzene rings is 1. The maximum Gasteiger partial charge on any atom is 0.0484 e. The largest absolute Gasteiger partial charge is 0.381 e. The van der Waals surface area contributed by atoms with Crippen molar-refractivity contribution in [2.24, 2.45) is 0 Å². The molecule has 1 unspecified atom stereocenters. The van der Waals surface area contributed by atoms with Crippen LogP contribution < -0.4 is 5.32 Å². The van der Waals surface area contributed by atoms with Gasteiger partial charge in [-0.05, 0) is 55.7 Å². The average Bonchev–Trinajstić information content (AvgIpc) is 2.45. The summed E-state index contributed by atoms with van der Waals surface area (Å²) in [6.45, 7) is 7.19. The van der Waals surface area contributed by atoms with Crippen molar-refractivity contribution in [2.45, 2.75) is 64.3 Å². The van der Waals surface area contributed by atoms with Crippen LogP contribution >= 0.6 is 0 Å². The van der Waals surface area contributed by atoms with Crippen LogP contribution in [0.5, 0.6) is 0 Å². The second-order valence-corrected chi connectivity index (χ2v) is 6.21. The van der Waals surface area contributed by atoms with E-state index in [-0.39, 0.29) is 0 Å². The summed E-state index contributed by atoms with van der Waals surface area (Å²) in [5.74, 6) is 0.813. The highest BCUT2D eigenvalue weighted by atomic mass is 16.5. The van der Waals surface area contributed by atoms with Gasteiger partial charge in [0, 0.05) is 19.3 Å². The standard InChI is InChI=1S/C19H31NO/c1-3-12-20-19(11-14-21-13-4-2)18-10-6-9-17(15-18)16-7-5-8-16/h6,9-10,15-16,19-20H,3-5,7-8,11-14H2,1-2H3. The van der Waals surface area contributed by atoms with Gasteiger partial charge in [0.05, 0.1) is 0 Å². The zero-order chi connectivity index (χ0) is 14.9. The molecule has 1 fully saturated rings. The monoisotopic (exact) mass is 289 g/mol. The molecule has 0 heterocycles. The topological polar surface area (TPSA) is 21.3 Å². The summed E-state index contributed by atoms with van der Waals surface area (Å²) in [7, 11) is 0. The molecule has 0 aliphatic heterocycles. The van der Waals surface area contributed by atoms with Gasteiger partial charge in [0.1, 0.15) is 0 Å². The highest BCUT2D eigenvalue weighted by Crippen LogP contribution is 2.37. The summed E-state index contributed by atoms with van der Waals surface area (Å²) >= 11 is 0. The van der Waals surface area contributed by atoms with Gasteiger partial charge >= 0.3 is 0 Å². The van der Waals surface area contributed by atoms with Crippen molar-refractivity contribution in [3.05, 3.63) is 35.4 Å². The van der Waals surface area contributed by atoms with E-state index in [0.717, 1.165) is 38.5 Å². The number of nitrogens with one attached hydrogen (secondary N) is 1. The lowest BCUT2D eigenvalue weighted by molar-refractivity contribution is 0.124. The first-order valence-corrected chi connectivity index (χ1v) is 8.76. The van der Waals surface area contributed by atoms with E-state index in [0.29, 0.717) is 6.04 Å². The summed E-state index contributed by atoms with van der Waals surface area (Å²) in [6.07, 6.45) is 7.48. The zero-order valence-electron chi connectivity index (χ0n) is 13.7. The quantitative estimate of drug-likeness (QED) is 0.624. The minimum Gasteiger partial charge on any atom is -0.381 e. The lowest BCUT2D eigenvalue weighted by Gasteiger charge is -2.27. The number of rotatable bonds is 10. The van der Waals surface area contributed by atoms with E-state index in [2.05, 4.69) is 43.4 Å². The van der Waals surface area contributed by atoms with E-state index in [1.165, 1.54) is 36.8 Å². The van der Waals surface area contributed by atoms with Crippen LogP contribution in [-0.2, 0) is 4.74 Å². The molecule has 0 radical (unpaired) electrons. The molecular formula is C19H31NO. The Morgan fingerprint density at radius 1 is 1.19 bits per heavy atom. The van der Waals surface area contributed by atoms with Crippen molar-refractivity contribution >= 4 is 0 Å². The molecule has 118 valence electrons. The summed E-state index contributed by atoms with van der Waals surface area (Å²) in [5.41, 5.74) is 2.98. The van der Waals surface area contributed by atoms with E-state index in [9.17, 15) is 0 Å². The van der Waals surface area contributed by atoms with Crippen molar-refractivity contribution in [3.63, 3.8) is 0 Å². The lowest BCUT2D eigenvalue weighted by atomic mass is 9.79. The van der Waals surface area contributed by atoms with Gasteiger partial charge in [0.25, 0.3) is 0 Å². The minimum absolute atomic E-state index is 0.432. The van der Waals surface area contributed by atoms with Crippen molar-refractivity contribution in [2.75, 3.05) is 19.8 Å². The van der Waals surface area contributed by atoms with Gasteiger partial charge in [-0.25, -0.2) is 0 Å². The van der Waals surface area contributed by atoms with Gasteiger partial charge in [-0.1, -0.05) is 44.5 Å². The molecule has 0 amide bonds. The van der Waals surface area contributed by atoms with Crippen molar-refractivity contribution < 1.29 is 4.74 Å². The summed E-state index contributed by atoms with van der Waals surface area (Å²) in [4.78, 5) is 0. The molecule has 21 heavy (non-hydrogen) atoms. The maximum atomic E-state index is 5.68. The first-order valence-electron chi connectivity index (χ1n) is 8.76. The van der Waals surface area contributed by atoms with E-state index >= 15 is 0 Å². The highest BCUT2D eigenvalue weighted by Gasteiger charge is 2.20. The molecule has 1 aromatic rings. The second kappa shape index (κ2) is 9.22. The Morgan fingerprint density at radius 2 is 2.05 bits per heavy atom. The number of hydrogen-bond donors (Lipinski definition) is 1. The summed E-state index contributed by atoms with van der Waals surface area (Å²) < 4.78 is 5.68. The molecule has 2 heteroatoms. The Hall–Kier alpha value is -0.860. The fourth-order valence-electron chi connectivity index (χ4n) is 2.92. The molecule has 1 saturated carbocycles. The molecule has 1 aliphatic carbocycles. The molecule has 1 aliphatic rings. The molecule has 0 aromatic heterocycles. The van der Waals surface area contributed by atoms with Crippen molar-refractivity contribution in [3.8, 4) is 0 Å². The van der Waals surface area contributed by atoms with E-state index < -0.39 is 0 Å². The van der Waals surface area contributed by atoms with Crippen LogP contribution in [0.3, 0.4) is 0 Å². The van der Waals surface area contributed by atoms with Crippen LogP contribution in [0, 0.1) is 0 Å². The molecule has 1 aromatic carbocycles. The van der Waals surface area contributed by atoms with Crippen LogP contribution in [0.2, 0.25) is 0 Å². The van der Waals surface area contributed by atoms with Crippen molar-refractivity contribution in [1.82, 2.24) is 5.32 Å². The van der Waals surface area contributed by atoms with Crippen LogP contribution in [0.15, 0.2) is 24.3 Å². The third-order valence-electron chi connectivity index (χ3n) is 4.43. The van der Waals surface area contributed by atoms with Gasteiger partial charge in [-0.3, -0.25) is 0 Å². The van der Waals surface area contributed by atoms with Crippen molar-refractivity contribution in [1.29, 1.82) is 0 Å². The minimum atomic E-state index is 0.432. The molecule has 1 N–H and O–H groups in total. The normalized spacial score (nSPS) is 16.7. The Morgan fingerprint density at radius 3 is 2.71 bits per heavy atom. The predicted octanol–water partition coefficient (Wildman–Crippen LogP) is 4.81. The number of hydrogen-bond acceptors (Lipinski definition) is 2. The van der Waals surface area contributed by atoms with E-state index in [1.54, 1.807) is 0 Å². The van der Waals surface area contributed by atoms with Crippen LogP contribution in [0.1, 0.15) is 75.5 Å². The van der Waals surface area contributed by atoms with Gasteiger partial charge in [0.15, 0.2) is 0 Å². The van der Waals surface area contributed by atoms with Crippen LogP contribution in [0.4, 0.5) is 0 Å². The van der Waals surface area contributed by atoms with E-state index in [1.807, 2.05) is 0 Å². The van der Waals surface area contributed by atoms with Gasteiger partial charge in [-0.15, -0.1) is 0 Å². The average molecular weight is 289 g/mol. The number of ether oxygens (including phenoxy) is 1.